The predicted molar refractivity (Wildman–Crippen MR) is 65.7 cm³/mol. The highest BCUT2D eigenvalue weighted by Crippen LogP contribution is 2.42. The minimum absolute atomic E-state index is 0.0690. The van der Waals surface area contributed by atoms with Gasteiger partial charge < -0.3 is 14.4 Å². The summed E-state index contributed by atoms with van der Waals surface area (Å²) in [5, 5.41) is 0. The molecule has 0 unspecified atom stereocenters. The molecule has 0 atom stereocenters. The van der Waals surface area contributed by atoms with E-state index < -0.39 is 0 Å². The van der Waals surface area contributed by atoms with Crippen LogP contribution in [-0.2, 0) is 9.47 Å². The van der Waals surface area contributed by atoms with Crippen LogP contribution in [0.1, 0.15) is 23.2 Å². The van der Waals surface area contributed by atoms with Crippen LogP contribution >= 0.6 is 0 Å². The topological polar surface area (TPSA) is 51.7 Å². The second-order valence-corrected chi connectivity index (χ2v) is 4.88. The Labute approximate surface area is 106 Å². The molecule has 0 N–H and O–H groups in total. The summed E-state index contributed by atoms with van der Waals surface area (Å²) in [5.41, 5.74) is 1.53. The first-order chi connectivity index (χ1) is 8.72. The fourth-order valence-electron chi connectivity index (χ4n) is 2.34. The lowest BCUT2D eigenvalue weighted by Gasteiger charge is -2.34. The fraction of sp³-hybridized carbons (Fsp3) is 0.538. The molecule has 0 radical (unpaired) electrons. The maximum absolute atomic E-state index is 11.5. The van der Waals surface area contributed by atoms with Gasteiger partial charge in [-0.3, -0.25) is 4.98 Å². The Morgan fingerprint density at radius 1 is 1.50 bits per heavy atom. The Hall–Kier alpha value is -1.62. The third-order valence-corrected chi connectivity index (χ3v) is 3.57. The van der Waals surface area contributed by atoms with Crippen molar-refractivity contribution in [2.75, 3.05) is 31.7 Å². The van der Waals surface area contributed by atoms with Gasteiger partial charge in [0.05, 0.1) is 36.8 Å². The van der Waals surface area contributed by atoms with Crippen LogP contribution in [0.15, 0.2) is 18.5 Å². The molecule has 2 fully saturated rings. The lowest BCUT2D eigenvalue weighted by atomic mass is 10.2. The van der Waals surface area contributed by atoms with Crippen molar-refractivity contribution in [3.63, 3.8) is 0 Å². The largest absolute Gasteiger partial charge is 0.465 e. The van der Waals surface area contributed by atoms with E-state index in [0.29, 0.717) is 5.56 Å². The number of hydrogen-bond donors (Lipinski definition) is 0. The molecule has 1 aliphatic carbocycles. The number of esters is 1. The zero-order chi connectivity index (χ0) is 12.6. The van der Waals surface area contributed by atoms with Crippen molar-refractivity contribution < 1.29 is 14.3 Å². The summed E-state index contributed by atoms with van der Waals surface area (Å²) < 4.78 is 10.5. The van der Waals surface area contributed by atoms with Gasteiger partial charge >= 0.3 is 5.97 Å². The molecular weight excluding hydrogens is 232 g/mol. The summed E-state index contributed by atoms with van der Waals surface area (Å²) in [6.45, 7) is 2.47. The normalized spacial score (nSPS) is 20.8. The van der Waals surface area contributed by atoms with Gasteiger partial charge in [0.25, 0.3) is 0 Å². The highest BCUT2D eigenvalue weighted by Gasteiger charge is 2.47. The van der Waals surface area contributed by atoms with Gasteiger partial charge in [-0.15, -0.1) is 0 Å². The molecule has 0 bridgehead atoms. The summed E-state index contributed by atoms with van der Waals surface area (Å²) in [7, 11) is 1.38. The number of carbonyl (C=O) groups excluding carboxylic acids is 1. The third kappa shape index (κ3) is 2.06. The van der Waals surface area contributed by atoms with Gasteiger partial charge in [-0.05, 0) is 18.9 Å². The average molecular weight is 248 g/mol. The summed E-state index contributed by atoms with van der Waals surface area (Å²) in [5.74, 6) is -0.348. The van der Waals surface area contributed by atoms with Gasteiger partial charge in [0, 0.05) is 19.3 Å². The van der Waals surface area contributed by atoms with Crippen molar-refractivity contribution in [3.8, 4) is 0 Å². The molecule has 1 aliphatic heterocycles. The standard InChI is InChI=1S/C13H16N2O3/c1-17-12(16)10-6-11(8-14-7-10)15-4-5-18-13(9-15)2-3-13/h6-8H,2-5,9H2,1H3. The van der Waals surface area contributed by atoms with Crippen LogP contribution in [0.4, 0.5) is 5.69 Å². The average Bonchev–Trinajstić information content (AvgIpc) is 3.17. The van der Waals surface area contributed by atoms with E-state index in [2.05, 4.69) is 9.88 Å². The SMILES string of the molecule is COC(=O)c1cncc(N2CCOC3(CC3)C2)c1. The molecule has 0 aromatic carbocycles. The van der Waals surface area contributed by atoms with E-state index >= 15 is 0 Å². The number of aromatic nitrogens is 1. The second kappa shape index (κ2) is 4.24. The van der Waals surface area contributed by atoms with Gasteiger partial charge in [-0.2, -0.15) is 0 Å². The van der Waals surface area contributed by atoms with Crippen LogP contribution in [0, 0.1) is 0 Å². The second-order valence-electron chi connectivity index (χ2n) is 4.88. The highest BCUT2D eigenvalue weighted by molar-refractivity contribution is 5.90. The number of ether oxygens (including phenoxy) is 2. The fourth-order valence-corrected chi connectivity index (χ4v) is 2.34. The summed E-state index contributed by atoms with van der Waals surface area (Å²) in [6.07, 6.45) is 5.58. The number of carbonyl (C=O) groups is 1. The van der Waals surface area contributed by atoms with Crippen LogP contribution in [-0.4, -0.2) is 43.4 Å². The van der Waals surface area contributed by atoms with Gasteiger partial charge in [-0.1, -0.05) is 0 Å². The molecule has 5 nitrogen and oxygen atoms in total. The first-order valence-electron chi connectivity index (χ1n) is 6.15. The molecule has 2 heterocycles. The molecule has 1 spiro atoms. The van der Waals surface area contributed by atoms with Crippen LogP contribution in [0.5, 0.6) is 0 Å². The number of anilines is 1. The Kier molecular flexibility index (Phi) is 2.70. The molecule has 1 aromatic heterocycles. The summed E-state index contributed by atoms with van der Waals surface area (Å²) >= 11 is 0. The van der Waals surface area contributed by atoms with Gasteiger partial charge in [0.1, 0.15) is 0 Å². The van der Waals surface area contributed by atoms with Crippen LogP contribution in [0.3, 0.4) is 0 Å². The van der Waals surface area contributed by atoms with Crippen LogP contribution < -0.4 is 4.90 Å². The number of rotatable bonds is 2. The van der Waals surface area contributed by atoms with Crippen molar-refractivity contribution in [1.82, 2.24) is 4.98 Å². The Morgan fingerprint density at radius 2 is 2.33 bits per heavy atom. The van der Waals surface area contributed by atoms with Gasteiger partial charge in [0.15, 0.2) is 0 Å². The Balaban J connectivity index is 1.81. The molecule has 96 valence electrons. The molecule has 3 rings (SSSR count). The van der Waals surface area contributed by atoms with E-state index in [1.165, 1.54) is 13.3 Å². The molecular formula is C13H16N2O3. The predicted octanol–water partition coefficient (Wildman–Crippen LogP) is 1.24. The number of methoxy groups -OCH3 is 1. The molecule has 18 heavy (non-hydrogen) atoms. The van der Waals surface area contributed by atoms with Crippen LogP contribution in [0.25, 0.3) is 0 Å². The minimum Gasteiger partial charge on any atom is -0.465 e. The van der Waals surface area contributed by atoms with Gasteiger partial charge in [-0.25, -0.2) is 4.79 Å². The number of morpholine rings is 1. The van der Waals surface area contributed by atoms with E-state index in [9.17, 15) is 4.79 Å². The molecule has 1 saturated heterocycles. The number of pyridine rings is 1. The quantitative estimate of drug-likeness (QED) is 0.737. The molecule has 1 aromatic rings. The number of nitrogens with zero attached hydrogens (tertiary/aromatic N) is 2. The maximum Gasteiger partial charge on any atom is 0.339 e. The maximum atomic E-state index is 11.5. The van der Waals surface area contributed by atoms with Crippen molar-refractivity contribution in [2.45, 2.75) is 18.4 Å². The molecule has 1 saturated carbocycles. The van der Waals surface area contributed by atoms with E-state index in [4.69, 9.17) is 9.47 Å². The number of hydrogen-bond acceptors (Lipinski definition) is 5. The van der Waals surface area contributed by atoms with Gasteiger partial charge in [0.2, 0.25) is 0 Å². The zero-order valence-corrected chi connectivity index (χ0v) is 10.4. The Morgan fingerprint density at radius 3 is 3.06 bits per heavy atom. The van der Waals surface area contributed by atoms with E-state index in [1.807, 2.05) is 6.07 Å². The highest BCUT2D eigenvalue weighted by atomic mass is 16.5. The first kappa shape index (κ1) is 11.5. The van der Waals surface area contributed by atoms with Crippen LogP contribution in [0.2, 0.25) is 0 Å². The van der Waals surface area contributed by atoms with Crippen molar-refractivity contribution in [2.24, 2.45) is 0 Å². The molecule has 0 amide bonds. The first-order valence-corrected chi connectivity index (χ1v) is 6.15. The Bertz CT molecular complexity index is 471. The lowest BCUT2D eigenvalue weighted by Crippen LogP contribution is -2.44. The molecule has 5 heteroatoms. The third-order valence-electron chi connectivity index (χ3n) is 3.57. The lowest BCUT2D eigenvalue weighted by molar-refractivity contribution is 0.0206. The smallest absolute Gasteiger partial charge is 0.339 e. The summed E-state index contributed by atoms with van der Waals surface area (Å²) in [4.78, 5) is 17.8. The van der Waals surface area contributed by atoms with Crippen molar-refractivity contribution in [1.29, 1.82) is 0 Å². The van der Waals surface area contributed by atoms with Crippen molar-refractivity contribution in [3.05, 3.63) is 24.0 Å². The van der Waals surface area contributed by atoms with Crippen molar-refractivity contribution >= 4 is 11.7 Å². The zero-order valence-electron chi connectivity index (χ0n) is 10.4. The van der Waals surface area contributed by atoms with E-state index in [-0.39, 0.29) is 11.6 Å². The van der Waals surface area contributed by atoms with E-state index in [1.54, 1.807) is 6.20 Å². The minimum atomic E-state index is -0.348. The molecule has 2 aliphatic rings. The monoisotopic (exact) mass is 248 g/mol. The summed E-state index contributed by atoms with van der Waals surface area (Å²) in [6, 6.07) is 1.83. The van der Waals surface area contributed by atoms with E-state index in [0.717, 1.165) is 38.2 Å².